The van der Waals surface area contributed by atoms with Gasteiger partial charge in [0.15, 0.2) is 17.5 Å². The molecule has 6 saturated carbocycles. The lowest BCUT2D eigenvalue weighted by molar-refractivity contribution is -0.220. The van der Waals surface area contributed by atoms with Crippen molar-refractivity contribution in [1.29, 1.82) is 0 Å². The summed E-state index contributed by atoms with van der Waals surface area (Å²) in [5.74, 6) is -6.84. The van der Waals surface area contributed by atoms with Gasteiger partial charge >= 0.3 is 29.8 Å². The molecule has 2 N–H and O–H groups in total. The predicted molar refractivity (Wildman–Crippen MR) is 172 cm³/mol. The Hall–Kier alpha value is -4.10. The quantitative estimate of drug-likeness (QED) is 0.210. The fourth-order valence-corrected chi connectivity index (χ4v) is 12.9. The number of carbonyl (C=O) groups is 6. The first kappa shape index (κ1) is 32.5. The van der Waals surface area contributed by atoms with E-state index in [1.54, 1.807) is 20.8 Å². The van der Waals surface area contributed by atoms with Crippen molar-refractivity contribution in [3.63, 3.8) is 0 Å². The molecule has 13 heteroatoms. The molecule has 6 fully saturated rings. The molecule has 3 aliphatic heterocycles. The normalized spacial score (nSPS) is 50.8. The van der Waals surface area contributed by atoms with Crippen LogP contribution < -0.4 is 0 Å². The number of ketones is 1. The molecule has 1 unspecified atom stereocenters. The summed E-state index contributed by atoms with van der Waals surface area (Å²) in [5.41, 5.74) is -4.96. The first-order valence-corrected chi connectivity index (χ1v) is 18.3. The summed E-state index contributed by atoms with van der Waals surface area (Å²) < 4.78 is 29.0. The molecule has 0 aromatic heterocycles. The van der Waals surface area contributed by atoms with Crippen LogP contribution in [0, 0.1) is 52.3 Å². The van der Waals surface area contributed by atoms with Gasteiger partial charge in [-0.25, -0.2) is 14.4 Å². The topological polar surface area (TPSA) is 189 Å². The highest BCUT2D eigenvalue weighted by atomic mass is 16.6. The highest BCUT2D eigenvalue weighted by molar-refractivity contribution is 6.05. The Morgan fingerprint density at radius 2 is 1.56 bits per heavy atom. The van der Waals surface area contributed by atoms with E-state index in [-0.39, 0.29) is 73.1 Å². The van der Waals surface area contributed by atoms with Crippen LogP contribution in [0.25, 0.3) is 0 Å². The Balaban J connectivity index is 1.20. The molecule has 0 amide bonds. The Labute approximate surface area is 298 Å². The largest absolute Gasteiger partial charge is 0.461 e. The minimum absolute atomic E-state index is 0.0461. The fraction of sp³-hybridized carbons (Fsp3) is 0.641. The average Bonchev–Trinajstić information content (AvgIpc) is 4.00. The van der Waals surface area contributed by atoms with Gasteiger partial charge in [0.2, 0.25) is 0 Å². The third kappa shape index (κ3) is 3.49. The minimum atomic E-state index is -1.82. The van der Waals surface area contributed by atoms with E-state index in [9.17, 15) is 39.0 Å². The van der Waals surface area contributed by atoms with Crippen molar-refractivity contribution in [2.24, 2.45) is 52.3 Å². The fourth-order valence-electron chi connectivity index (χ4n) is 12.9. The van der Waals surface area contributed by atoms with Gasteiger partial charge in [0.1, 0.15) is 31.0 Å². The monoisotopic (exact) mass is 716 g/mol. The molecule has 13 atom stereocenters. The number of ether oxygens (including phenoxy) is 5. The van der Waals surface area contributed by atoms with Gasteiger partial charge in [0, 0.05) is 23.5 Å². The van der Waals surface area contributed by atoms with E-state index >= 15 is 0 Å². The van der Waals surface area contributed by atoms with E-state index < -0.39 is 87.9 Å². The molecule has 10 rings (SSSR count). The zero-order chi connectivity index (χ0) is 36.7. The van der Waals surface area contributed by atoms with Gasteiger partial charge < -0.3 is 33.9 Å². The number of fused-ring (bicyclic) bond motifs is 9. The van der Waals surface area contributed by atoms with E-state index in [2.05, 4.69) is 6.92 Å². The zero-order valence-electron chi connectivity index (χ0n) is 29.3. The molecule has 0 radical (unpaired) electrons. The van der Waals surface area contributed by atoms with Crippen molar-refractivity contribution < 1.29 is 62.7 Å². The van der Waals surface area contributed by atoms with Crippen molar-refractivity contribution >= 4 is 35.6 Å². The lowest BCUT2D eigenvalue weighted by atomic mass is 9.40. The van der Waals surface area contributed by atoms with Crippen molar-refractivity contribution in [2.45, 2.75) is 82.7 Å². The van der Waals surface area contributed by atoms with Gasteiger partial charge in [-0.3, -0.25) is 14.4 Å². The van der Waals surface area contributed by atoms with Crippen molar-refractivity contribution in [2.75, 3.05) is 19.8 Å². The van der Waals surface area contributed by atoms with Gasteiger partial charge in [-0.05, 0) is 91.4 Å². The lowest BCUT2D eigenvalue weighted by Crippen LogP contribution is -2.74. The number of hydrogen-bond acceptors (Lipinski definition) is 13. The molecule has 2 bridgehead atoms. The maximum Gasteiger partial charge on any atom is 0.338 e. The first-order chi connectivity index (χ1) is 24.5. The standard InChI is InChI=1S/C39H40O13/c1-15-7-28(42)50-14-37(46)23-9-22(23)35(3)24(37)10-20-18(13-49-27(41)6-5-26(40)48-12-15)34(45)52-38(20)25(35)11-21-17-8-19(17)36(4)32(43)30-29(16(2)33(44)51-30)31(38)39(21,36)47/h7,11,17,19,22-25,30-31,46-47H,5-6,8-10,12-14H2,1-4H3/b15-7+/t17-,19+,22+,23-,24?,25-,30-,31+,35-,36+,37-,38-,39+/m0/s1. The van der Waals surface area contributed by atoms with Gasteiger partial charge in [0.25, 0.3) is 0 Å². The second-order valence-electron chi connectivity index (χ2n) is 17.3. The highest BCUT2D eigenvalue weighted by Crippen LogP contribution is 2.84. The molecule has 3 heterocycles. The second-order valence-corrected chi connectivity index (χ2v) is 17.3. The summed E-state index contributed by atoms with van der Waals surface area (Å²) in [6.45, 7) is 5.99. The summed E-state index contributed by atoms with van der Waals surface area (Å²) >= 11 is 0. The van der Waals surface area contributed by atoms with Crippen molar-refractivity contribution in [3.05, 3.63) is 45.6 Å². The van der Waals surface area contributed by atoms with Crippen LogP contribution in [-0.2, 0) is 52.5 Å². The third-order valence-corrected chi connectivity index (χ3v) is 15.3. The molecule has 0 aromatic carbocycles. The number of carbonyl (C=O) groups excluding carboxylic acids is 6. The Bertz CT molecular complexity index is 2000. The predicted octanol–water partition coefficient (Wildman–Crippen LogP) is 1.74. The maximum atomic E-state index is 14.4. The number of cyclic esters (lactones) is 3. The summed E-state index contributed by atoms with van der Waals surface area (Å²) in [6.07, 6.45) is 2.72. The Morgan fingerprint density at radius 1 is 0.846 bits per heavy atom. The first-order valence-electron chi connectivity index (χ1n) is 18.3. The van der Waals surface area contributed by atoms with Crippen LogP contribution in [0.1, 0.15) is 59.8 Å². The number of Topliss-reactive ketones (excluding diaryl/α,β-unsaturated/α-hetero) is 1. The second kappa shape index (κ2) is 9.71. The van der Waals surface area contributed by atoms with Gasteiger partial charge in [-0.15, -0.1) is 0 Å². The van der Waals surface area contributed by atoms with Crippen LogP contribution in [0.5, 0.6) is 0 Å². The van der Waals surface area contributed by atoms with E-state index in [0.717, 1.165) is 0 Å². The van der Waals surface area contributed by atoms with Crippen LogP contribution in [0.2, 0.25) is 0 Å². The number of rotatable bonds is 0. The summed E-state index contributed by atoms with van der Waals surface area (Å²) in [4.78, 5) is 80.5. The third-order valence-electron chi connectivity index (χ3n) is 15.3. The van der Waals surface area contributed by atoms with Gasteiger partial charge in [-0.1, -0.05) is 13.0 Å². The minimum Gasteiger partial charge on any atom is -0.461 e. The average molecular weight is 717 g/mol. The van der Waals surface area contributed by atoms with Crippen molar-refractivity contribution in [3.8, 4) is 0 Å². The van der Waals surface area contributed by atoms with E-state index in [1.807, 2.05) is 6.08 Å². The Kier molecular flexibility index (Phi) is 6.07. The zero-order valence-corrected chi connectivity index (χ0v) is 29.3. The molecule has 0 saturated heterocycles. The highest BCUT2D eigenvalue weighted by Gasteiger charge is 2.89. The SMILES string of the molecule is CC1=C2[C@H](OC1=O)C(=O)[C@@]1(C)[C@@H]3C[C@@H]3C3=C[C@@H]4[C@]5(OC(=O)C6=C5CC5[C@]4(C)[C@@H]4C[C@@H]4[C@@]5(O)COC(=O)/C=C(\C)COC(=O)CCC(=O)OC6)[C@@H]2[C@]31O. The van der Waals surface area contributed by atoms with Crippen LogP contribution >= 0.6 is 0 Å². The molecular weight excluding hydrogens is 676 g/mol. The van der Waals surface area contributed by atoms with Gasteiger partial charge in [0.05, 0.1) is 29.7 Å². The van der Waals surface area contributed by atoms with Crippen LogP contribution in [0.3, 0.4) is 0 Å². The number of esters is 5. The molecule has 7 aliphatic carbocycles. The molecule has 13 nitrogen and oxygen atoms in total. The molecule has 274 valence electrons. The van der Waals surface area contributed by atoms with E-state index in [4.69, 9.17) is 23.7 Å². The molecule has 1 spiro atoms. The number of aliphatic hydroxyl groups is 2. The summed E-state index contributed by atoms with van der Waals surface area (Å²) in [7, 11) is 0. The van der Waals surface area contributed by atoms with Crippen LogP contribution in [-0.4, -0.2) is 88.6 Å². The van der Waals surface area contributed by atoms with Gasteiger partial charge in [-0.2, -0.15) is 0 Å². The lowest BCUT2D eigenvalue weighted by Gasteiger charge is -2.66. The van der Waals surface area contributed by atoms with Crippen LogP contribution in [0.4, 0.5) is 0 Å². The molecule has 52 heavy (non-hydrogen) atoms. The van der Waals surface area contributed by atoms with E-state index in [1.165, 1.54) is 6.08 Å². The van der Waals surface area contributed by atoms with Crippen LogP contribution in [0.15, 0.2) is 45.6 Å². The van der Waals surface area contributed by atoms with Crippen molar-refractivity contribution in [1.82, 2.24) is 0 Å². The smallest absolute Gasteiger partial charge is 0.338 e. The summed E-state index contributed by atoms with van der Waals surface area (Å²) in [6, 6.07) is 0. The molecule has 0 aromatic rings. The summed E-state index contributed by atoms with van der Waals surface area (Å²) in [5, 5.41) is 26.0. The number of hydrogen-bond donors (Lipinski definition) is 2. The van der Waals surface area contributed by atoms with E-state index in [0.29, 0.717) is 35.1 Å². The molecule has 10 aliphatic rings. The maximum absolute atomic E-state index is 14.4. The Morgan fingerprint density at radius 3 is 2.29 bits per heavy atom. The molecular formula is C39H40O13.